The Bertz CT molecular complexity index is 810. The fourth-order valence-corrected chi connectivity index (χ4v) is 4.40. The molecule has 27 heavy (non-hydrogen) atoms. The molecule has 2 aromatic carbocycles. The standard InChI is InChI=1S/C21H28N2O3S/c1-26-20-10-12-21(13-11-20)27(24,25)22-15-14-18-6-8-19(9-7-18)23-16-4-2-3-5-17-23/h6-13,22H,2-5,14-17H2,1H3. The molecule has 146 valence electrons. The predicted octanol–water partition coefficient (Wildman–Crippen LogP) is 3.60. The number of nitrogens with one attached hydrogen (secondary N) is 1. The first-order valence-electron chi connectivity index (χ1n) is 9.56. The van der Waals surface area contributed by atoms with Gasteiger partial charge in [0, 0.05) is 25.3 Å². The first kappa shape index (κ1) is 19.7. The highest BCUT2D eigenvalue weighted by Crippen LogP contribution is 2.20. The van der Waals surface area contributed by atoms with E-state index < -0.39 is 10.0 Å². The van der Waals surface area contributed by atoms with Crippen LogP contribution in [0, 0.1) is 0 Å². The molecule has 0 radical (unpaired) electrons. The van der Waals surface area contributed by atoms with Crippen LogP contribution in [0.3, 0.4) is 0 Å². The van der Waals surface area contributed by atoms with Crippen molar-refractivity contribution in [1.29, 1.82) is 0 Å². The summed E-state index contributed by atoms with van der Waals surface area (Å²) in [7, 11) is -1.94. The lowest BCUT2D eigenvalue weighted by Crippen LogP contribution is -2.26. The molecule has 0 atom stereocenters. The minimum Gasteiger partial charge on any atom is -0.497 e. The zero-order valence-corrected chi connectivity index (χ0v) is 16.7. The van der Waals surface area contributed by atoms with Gasteiger partial charge in [-0.3, -0.25) is 0 Å². The molecule has 0 aliphatic carbocycles. The maximum atomic E-state index is 12.4. The Morgan fingerprint density at radius 2 is 1.56 bits per heavy atom. The van der Waals surface area contributed by atoms with E-state index in [1.54, 1.807) is 31.4 Å². The fourth-order valence-electron chi connectivity index (χ4n) is 3.37. The Morgan fingerprint density at radius 3 is 2.15 bits per heavy atom. The summed E-state index contributed by atoms with van der Waals surface area (Å²) in [5.41, 5.74) is 2.39. The van der Waals surface area contributed by atoms with Crippen LogP contribution >= 0.6 is 0 Å². The highest BCUT2D eigenvalue weighted by atomic mass is 32.2. The lowest BCUT2D eigenvalue weighted by atomic mass is 10.1. The smallest absolute Gasteiger partial charge is 0.240 e. The van der Waals surface area contributed by atoms with Gasteiger partial charge in [0.15, 0.2) is 0 Å². The summed E-state index contributed by atoms with van der Waals surface area (Å²) in [5.74, 6) is 0.637. The molecular formula is C21H28N2O3S. The number of ether oxygens (including phenoxy) is 1. The Balaban J connectivity index is 1.53. The van der Waals surface area contributed by atoms with Gasteiger partial charge >= 0.3 is 0 Å². The van der Waals surface area contributed by atoms with Gasteiger partial charge in [0.2, 0.25) is 10.0 Å². The molecule has 0 spiro atoms. The van der Waals surface area contributed by atoms with Crippen LogP contribution in [-0.4, -0.2) is 35.2 Å². The van der Waals surface area contributed by atoms with Crippen molar-refractivity contribution < 1.29 is 13.2 Å². The van der Waals surface area contributed by atoms with Crippen molar-refractivity contribution in [3.05, 3.63) is 54.1 Å². The maximum Gasteiger partial charge on any atom is 0.240 e. The summed E-state index contributed by atoms with van der Waals surface area (Å²) in [6.45, 7) is 2.62. The zero-order valence-electron chi connectivity index (χ0n) is 15.9. The highest BCUT2D eigenvalue weighted by Gasteiger charge is 2.13. The van der Waals surface area contributed by atoms with Crippen LogP contribution in [0.5, 0.6) is 5.75 Å². The van der Waals surface area contributed by atoms with Gasteiger partial charge in [-0.2, -0.15) is 0 Å². The Morgan fingerprint density at radius 1 is 0.926 bits per heavy atom. The molecule has 1 N–H and O–H groups in total. The van der Waals surface area contributed by atoms with Gasteiger partial charge in [-0.1, -0.05) is 25.0 Å². The third kappa shape index (κ3) is 5.47. The summed E-state index contributed by atoms with van der Waals surface area (Å²) in [6, 6.07) is 14.9. The monoisotopic (exact) mass is 388 g/mol. The van der Waals surface area contributed by atoms with E-state index in [2.05, 4.69) is 33.9 Å². The fraction of sp³-hybridized carbons (Fsp3) is 0.429. The van der Waals surface area contributed by atoms with Crippen molar-refractivity contribution in [3.63, 3.8) is 0 Å². The second kappa shape index (κ2) is 9.24. The lowest BCUT2D eigenvalue weighted by Gasteiger charge is -2.22. The molecule has 3 rings (SSSR count). The van der Waals surface area contributed by atoms with Gasteiger partial charge in [0.05, 0.1) is 12.0 Å². The molecule has 0 unspecified atom stereocenters. The van der Waals surface area contributed by atoms with Gasteiger partial charge in [0.25, 0.3) is 0 Å². The predicted molar refractivity (Wildman–Crippen MR) is 109 cm³/mol. The number of rotatable bonds is 7. The largest absolute Gasteiger partial charge is 0.497 e. The normalized spacial score (nSPS) is 15.4. The summed E-state index contributed by atoms with van der Waals surface area (Å²) >= 11 is 0. The summed E-state index contributed by atoms with van der Waals surface area (Å²) < 4.78 is 32.4. The first-order chi connectivity index (χ1) is 13.1. The number of sulfonamides is 1. The molecule has 2 aromatic rings. The SMILES string of the molecule is COc1ccc(S(=O)(=O)NCCc2ccc(N3CCCCCC3)cc2)cc1. The first-order valence-corrected chi connectivity index (χ1v) is 11.0. The summed E-state index contributed by atoms with van der Waals surface area (Å²) in [5, 5.41) is 0. The van der Waals surface area contributed by atoms with E-state index in [0.29, 0.717) is 18.7 Å². The molecule has 0 aromatic heterocycles. The lowest BCUT2D eigenvalue weighted by molar-refractivity contribution is 0.414. The zero-order chi connectivity index (χ0) is 19.1. The average molecular weight is 389 g/mol. The maximum absolute atomic E-state index is 12.4. The van der Waals surface area contributed by atoms with Crippen LogP contribution in [0.25, 0.3) is 0 Å². The molecule has 6 heteroatoms. The number of methoxy groups -OCH3 is 1. The topological polar surface area (TPSA) is 58.6 Å². The van der Waals surface area contributed by atoms with Crippen molar-refractivity contribution in [2.75, 3.05) is 31.6 Å². The van der Waals surface area contributed by atoms with E-state index in [4.69, 9.17) is 4.74 Å². The van der Waals surface area contributed by atoms with Gasteiger partial charge in [-0.15, -0.1) is 0 Å². The van der Waals surface area contributed by atoms with Crippen LogP contribution in [0.4, 0.5) is 5.69 Å². The number of hydrogen-bond acceptors (Lipinski definition) is 4. The van der Waals surface area contributed by atoms with Crippen molar-refractivity contribution in [2.24, 2.45) is 0 Å². The summed E-state index contributed by atoms with van der Waals surface area (Å²) in [6.07, 6.45) is 5.82. The van der Waals surface area contributed by atoms with Crippen molar-refractivity contribution in [3.8, 4) is 5.75 Å². The molecule has 0 amide bonds. The molecular weight excluding hydrogens is 360 g/mol. The van der Waals surface area contributed by atoms with Crippen LogP contribution in [-0.2, 0) is 16.4 Å². The highest BCUT2D eigenvalue weighted by molar-refractivity contribution is 7.89. The number of anilines is 1. The van der Waals surface area contributed by atoms with Gasteiger partial charge < -0.3 is 9.64 Å². The molecule has 1 heterocycles. The number of benzene rings is 2. The van der Waals surface area contributed by atoms with E-state index in [1.807, 2.05) is 0 Å². The van der Waals surface area contributed by atoms with Crippen LogP contribution in [0.1, 0.15) is 31.2 Å². The molecule has 1 aliphatic rings. The minimum atomic E-state index is -3.50. The van der Waals surface area contributed by atoms with E-state index in [-0.39, 0.29) is 4.90 Å². The molecule has 5 nitrogen and oxygen atoms in total. The van der Waals surface area contributed by atoms with Gasteiger partial charge in [0.1, 0.15) is 5.75 Å². The van der Waals surface area contributed by atoms with E-state index in [0.717, 1.165) is 18.7 Å². The third-order valence-electron chi connectivity index (χ3n) is 4.98. The number of nitrogens with zero attached hydrogens (tertiary/aromatic N) is 1. The number of hydrogen-bond donors (Lipinski definition) is 1. The van der Waals surface area contributed by atoms with Crippen molar-refractivity contribution in [1.82, 2.24) is 4.72 Å². The van der Waals surface area contributed by atoms with Crippen molar-refractivity contribution >= 4 is 15.7 Å². The van der Waals surface area contributed by atoms with E-state index >= 15 is 0 Å². The molecule has 1 aliphatic heterocycles. The third-order valence-corrected chi connectivity index (χ3v) is 6.46. The van der Waals surface area contributed by atoms with Crippen LogP contribution < -0.4 is 14.4 Å². The van der Waals surface area contributed by atoms with Crippen molar-refractivity contribution in [2.45, 2.75) is 37.0 Å². The van der Waals surface area contributed by atoms with E-state index in [1.165, 1.54) is 31.4 Å². The molecule has 0 bridgehead atoms. The Kier molecular flexibility index (Phi) is 6.74. The van der Waals surface area contributed by atoms with E-state index in [9.17, 15) is 8.42 Å². The van der Waals surface area contributed by atoms with Crippen LogP contribution in [0.2, 0.25) is 0 Å². The molecule has 1 fully saturated rings. The Hall–Kier alpha value is -2.05. The van der Waals surface area contributed by atoms with Crippen LogP contribution in [0.15, 0.2) is 53.4 Å². The molecule has 0 saturated carbocycles. The van der Waals surface area contributed by atoms with Gasteiger partial charge in [-0.25, -0.2) is 13.1 Å². The summed E-state index contributed by atoms with van der Waals surface area (Å²) in [4.78, 5) is 2.70. The molecule has 1 saturated heterocycles. The second-order valence-corrected chi connectivity index (χ2v) is 8.66. The second-order valence-electron chi connectivity index (χ2n) is 6.89. The quantitative estimate of drug-likeness (QED) is 0.787. The van der Waals surface area contributed by atoms with Gasteiger partial charge in [-0.05, 0) is 61.2 Å². The average Bonchev–Trinajstić information content (AvgIpc) is 2.98. The Labute approximate surface area is 162 Å². The minimum absolute atomic E-state index is 0.250.